The number of nitrogens with zero attached hydrogens (tertiary/aromatic N) is 3. The average molecular weight is 245 g/mol. The van der Waals surface area contributed by atoms with E-state index in [1.807, 2.05) is 6.92 Å². The topological polar surface area (TPSA) is 30.7 Å². The molecule has 0 bridgehead atoms. The predicted molar refractivity (Wildman–Crippen MR) is 47.9 cm³/mol. The Morgan fingerprint density at radius 3 is 2.20 bits per heavy atom. The van der Waals surface area contributed by atoms with Crippen molar-refractivity contribution in [1.29, 1.82) is 0 Å². The Morgan fingerprint density at radius 2 is 1.80 bits per heavy atom. The molecule has 0 saturated heterocycles. The quantitative estimate of drug-likeness (QED) is 0.623. The van der Waals surface area contributed by atoms with E-state index in [1.165, 1.54) is 0 Å². The van der Waals surface area contributed by atoms with Crippen molar-refractivity contribution in [3.8, 4) is 0 Å². The molecular weight excluding hydrogens is 233 g/mol. The third kappa shape index (κ3) is 4.99. The van der Waals surface area contributed by atoms with Gasteiger partial charge in [-0.3, -0.25) is 4.68 Å². The van der Waals surface area contributed by atoms with E-state index in [9.17, 15) is 12.9 Å². The summed E-state index contributed by atoms with van der Waals surface area (Å²) in [5, 5.41) is 3.79. The van der Waals surface area contributed by atoms with Crippen LogP contribution in [0.2, 0.25) is 0 Å². The molecule has 1 aromatic rings. The van der Waals surface area contributed by atoms with Gasteiger partial charge in [0, 0.05) is 19.3 Å². The summed E-state index contributed by atoms with van der Waals surface area (Å²) in [5.74, 6) is 0.878. The molecule has 0 radical (unpaired) electrons. The van der Waals surface area contributed by atoms with Gasteiger partial charge in [-0.05, 0) is 0 Å². The van der Waals surface area contributed by atoms with Crippen LogP contribution in [-0.2, 0) is 19.3 Å². The molecular formula is C7H12BF3KN3. The van der Waals surface area contributed by atoms with Crippen LogP contribution in [0.1, 0.15) is 25.5 Å². The van der Waals surface area contributed by atoms with Gasteiger partial charge < -0.3 is 12.9 Å². The summed E-state index contributed by atoms with van der Waals surface area (Å²) in [4.78, 5) is 3.99. The van der Waals surface area contributed by atoms with Crippen molar-refractivity contribution in [3.05, 3.63) is 11.6 Å². The molecule has 0 spiro atoms. The second kappa shape index (κ2) is 6.39. The molecule has 0 aliphatic carbocycles. The van der Waals surface area contributed by atoms with E-state index in [1.54, 1.807) is 6.92 Å². The average Bonchev–Trinajstić information content (AvgIpc) is 2.44. The third-order valence-corrected chi connectivity index (χ3v) is 1.80. The van der Waals surface area contributed by atoms with Crippen molar-refractivity contribution in [2.45, 2.75) is 33.1 Å². The number of hydrogen-bond donors (Lipinski definition) is 0. The van der Waals surface area contributed by atoms with Crippen molar-refractivity contribution in [3.63, 3.8) is 0 Å². The molecule has 0 saturated carbocycles. The zero-order valence-electron chi connectivity index (χ0n) is 9.17. The van der Waals surface area contributed by atoms with E-state index in [0.29, 0.717) is 24.5 Å². The number of aromatic nitrogens is 3. The largest absolute Gasteiger partial charge is 1.00 e. The Balaban J connectivity index is 0.00000196. The molecule has 0 atom stereocenters. The molecule has 1 heterocycles. The van der Waals surface area contributed by atoms with Gasteiger partial charge >= 0.3 is 58.4 Å². The first-order valence-electron chi connectivity index (χ1n) is 4.59. The number of rotatable bonds is 4. The van der Waals surface area contributed by atoms with Crippen LogP contribution in [0.15, 0.2) is 0 Å². The second-order valence-corrected chi connectivity index (χ2v) is 3.04. The van der Waals surface area contributed by atoms with Crippen LogP contribution in [0.4, 0.5) is 12.9 Å². The van der Waals surface area contributed by atoms with Crippen LogP contribution in [0.5, 0.6) is 0 Å². The maximum Gasteiger partial charge on any atom is 1.00 e. The van der Waals surface area contributed by atoms with E-state index in [0.717, 1.165) is 4.68 Å². The summed E-state index contributed by atoms with van der Waals surface area (Å²) in [6, 6.07) is 0. The van der Waals surface area contributed by atoms with Gasteiger partial charge in [0.1, 0.15) is 5.82 Å². The Kier molecular flexibility index (Phi) is 6.66. The van der Waals surface area contributed by atoms with Crippen LogP contribution in [0.3, 0.4) is 0 Å². The molecule has 1 rings (SSSR count). The monoisotopic (exact) mass is 245 g/mol. The molecule has 0 N–H and O–H groups in total. The standard InChI is InChI=1S/C7H12BF3N3.K/c1-3-6-12-7(4-2)14(13-6)5-8(9,10)11;/h3-5H2,1-2H3;/q-1;+1. The van der Waals surface area contributed by atoms with Crippen molar-refractivity contribution in [1.82, 2.24) is 14.8 Å². The minimum absolute atomic E-state index is 0. The van der Waals surface area contributed by atoms with Gasteiger partial charge in [-0.25, -0.2) is 4.98 Å². The molecule has 0 fully saturated rings. The maximum absolute atomic E-state index is 12.1. The molecule has 0 aliphatic heterocycles. The Morgan fingerprint density at radius 1 is 1.20 bits per heavy atom. The maximum atomic E-state index is 12.1. The van der Waals surface area contributed by atoms with Gasteiger partial charge in [-0.15, -0.1) is 0 Å². The molecule has 0 amide bonds. The molecule has 0 aliphatic rings. The molecule has 0 aromatic carbocycles. The summed E-state index contributed by atoms with van der Waals surface area (Å²) >= 11 is 0. The number of hydrogen-bond acceptors (Lipinski definition) is 2. The molecule has 1 aromatic heterocycles. The minimum Gasteiger partial charge on any atom is -0.448 e. The van der Waals surface area contributed by atoms with Crippen molar-refractivity contribution in [2.24, 2.45) is 0 Å². The Labute approximate surface area is 129 Å². The molecule has 80 valence electrons. The van der Waals surface area contributed by atoms with Gasteiger partial charge in [0.15, 0.2) is 5.82 Å². The van der Waals surface area contributed by atoms with Gasteiger partial charge in [0.2, 0.25) is 0 Å². The van der Waals surface area contributed by atoms with Gasteiger partial charge in [-0.1, -0.05) is 13.8 Å². The Bertz CT molecular complexity index is 313. The minimum atomic E-state index is -4.84. The smallest absolute Gasteiger partial charge is 0.448 e. The number of aryl methyl sites for hydroxylation is 2. The van der Waals surface area contributed by atoms with Crippen LogP contribution >= 0.6 is 0 Å². The first-order chi connectivity index (χ1) is 6.46. The van der Waals surface area contributed by atoms with Crippen LogP contribution < -0.4 is 51.4 Å². The zero-order valence-corrected chi connectivity index (χ0v) is 12.3. The fourth-order valence-corrected chi connectivity index (χ4v) is 1.18. The summed E-state index contributed by atoms with van der Waals surface area (Å²) in [6.45, 7) is -1.26. The molecule has 15 heavy (non-hydrogen) atoms. The molecule has 0 unspecified atom stereocenters. The summed E-state index contributed by atoms with van der Waals surface area (Å²) in [5.41, 5.74) is 0. The van der Waals surface area contributed by atoms with E-state index in [2.05, 4.69) is 10.1 Å². The normalized spacial score (nSPS) is 11.3. The molecule has 8 heteroatoms. The SMILES string of the molecule is CCc1nc(CC)n(C[B-](F)(F)F)n1.[K+]. The Hall–Kier alpha value is 0.631. The van der Waals surface area contributed by atoms with E-state index in [-0.39, 0.29) is 51.4 Å². The fourth-order valence-electron chi connectivity index (χ4n) is 1.18. The van der Waals surface area contributed by atoms with Crippen LogP contribution in [-0.4, -0.2) is 21.7 Å². The van der Waals surface area contributed by atoms with Gasteiger partial charge in [-0.2, -0.15) is 5.10 Å². The first kappa shape index (κ1) is 15.6. The summed E-state index contributed by atoms with van der Waals surface area (Å²) < 4.78 is 37.4. The van der Waals surface area contributed by atoms with Crippen LogP contribution in [0.25, 0.3) is 0 Å². The number of halogens is 3. The van der Waals surface area contributed by atoms with Crippen molar-refractivity contribution < 1.29 is 64.3 Å². The van der Waals surface area contributed by atoms with Gasteiger partial charge in [0.25, 0.3) is 0 Å². The third-order valence-electron chi connectivity index (χ3n) is 1.80. The van der Waals surface area contributed by atoms with E-state index >= 15 is 0 Å². The predicted octanol–water partition coefficient (Wildman–Crippen LogP) is -1.21. The van der Waals surface area contributed by atoms with E-state index < -0.39 is 13.4 Å². The molecule has 3 nitrogen and oxygen atoms in total. The first-order valence-corrected chi connectivity index (χ1v) is 4.59. The van der Waals surface area contributed by atoms with Gasteiger partial charge in [0.05, 0.1) is 0 Å². The van der Waals surface area contributed by atoms with Crippen LogP contribution in [0, 0.1) is 0 Å². The zero-order chi connectivity index (χ0) is 10.8. The summed E-state index contributed by atoms with van der Waals surface area (Å²) in [6.07, 6.45) is 0.0419. The second-order valence-electron chi connectivity index (χ2n) is 3.04. The van der Waals surface area contributed by atoms with Crippen molar-refractivity contribution in [2.75, 3.05) is 0 Å². The van der Waals surface area contributed by atoms with E-state index in [4.69, 9.17) is 0 Å². The summed E-state index contributed by atoms with van der Waals surface area (Å²) in [7, 11) is 0. The van der Waals surface area contributed by atoms with Crippen molar-refractivity contribution >= 4 is 6.98 Å². The fraction of sp³-hybridized carbons (Fsp3) is 0.714.